The van der Waals surface area contributed by atoms with Gasteiger partial charge in [-0.25, -0.2) is 0 Å². The molecular formula is C12H20O4S4. The lowest BCUT2D eigenvalue weighted by Crippen LogP contribution is -2.27. The molecule has 0 aromatic carbocycles. The van der Waals surface area contributed by atoms with E-state index in [2.05, 4.69) is 0 Å². The van der Waals surface area contributed by atoms with Gasteiger partial charge >= 0.3 is 5.97 Å². The maximum Gasteiger partial charge on any atom is 0.302 e. The summed E-state index contributed by atoms with van der Waals surface area (Å²) in [6.45, 7) is 4.06. The Morgan fingerprint density at radius 1 is 1.55 bits per heavy atom. The average molecular weight is 357 g/mol. The van der Waals surface area contributed by atoms with Crippen LogP contribution in [0.1, 0.15) is 26.7 Å². The van der Waals surface area contributed by atoms with Gasteiger partial charge in [-0.05, 0) is 37.7 Å². The van der Waals surface area contributed by atoms with Crippen LogP contribution in [0, 0.1) is 0 Å². The largest absolute Gasteiger partial charge is 0.479 e. The van der Waals surface area contributed by atoms with Crippen molar-refractivity contribution in [3.05, 3.63) is 0 Å². The highest BCUT2D eigenvalue weighted by atomic mass is 32.2. The number of carbonyl (C=O) groups excluding carboxylic acids is 1. The maximum absolute atomic E-state index is 12.0. The van der Waals surface area contributed by atoms with Crippen molar-refractivity contribution in [1.82, 2.24) is 0 Å². The van der Waals surface area contributed by atoms with Crippen molar-refractivity contribution in [3.63, 3.8) is 0 Å². The predicted octanol–water partition coefficient (Wildman–Crippen LogP) is 2.57. The second-order valence-corrected chi connectivity index (χ2v) is 9.45. The zero-order valence-corrected chi connectivity index (χ0v) is 14.9. The third-order valence-corrected chi connectivity index (χ3v) is 7.53. The SMILES string of the molecule is CCOC(=S)SC(COC(C)=O)CC1SCCCS1=O. The lowest BCUT2D eigenvalue weighted by Gasteiger charge is -2.25. The molecule has 1 aliphatic rings. The summed E-state index contributed by atoms with van der Waals surface area (Å²) < 4.78 is 22.9. The summed E-state index contributed by atoms with van der Waals surface area (Å²) in [5.41, 5.74) is 0. The van der Waals surface area contributed by atoms with E-state index in [4.69, 9.17) is 21.7 Å². The number of carbonyl (C=O) groups is 1. The molecule has 1 aliphatic heterocycles. The van der Waals surface area contributed by atoms with Crippen LogP contribution in [0.15, 0.2) is 0 Å². The van der Waals surface area contributed by atoms with E-state index in [1.54, 1.807) is 11.8 Å². The van der Waals surface area contributed by atoms with E-state index in [9.17, 15) is 9.00 Å². The number of thioether (sulfide) groups is 2. The van der Waals surface area contributed by atoms with Crippen LogP contribution in [0.5, 0.6) is 0 Å². The highest BCUT2D eigenvalue weighted by Gasteiger charge is 2.27. The van der Waals surface area contributed by atoms with E-state index in [0.29, 0.717) is 17.4 Å². The molecule has 0 bridgehead atoms. The molecule has 8 heteroatoms. The van der Waals surface area contributed by atoms with Gasteiger partial charge < -0.3 is 9.47 Å². The third-order valence-electron chi connectivity index (χ3n) is 2.54. The Labute approximate surface area is 136 Å². The summed E-state index contributed by atoms with van der Waals surface area (Å²) >= 11 is 8.25. The van der Waals surface area contributed by atoms with Gasteiger partial charge in [0, 0.05) is 28.7 Å². The molecule has 1 rings (SSSR count). The summed E-state index contributed by atoms with van der Waals surface area (Å²) in [5.74, 6) is 1.49. The van der Waals surface area contributed by atoms with Crippen molar-refractivity contribution in [2.75, 3.05) is 24.7 Å². The molecule has 3 atom stereocenters. The van der Waals surface area contributed by atoms with Gasteiger partial charge in [-0.15, -0.1) is 11.8 Å². The van der Waals surface area contributed by atoms with Crippen molar-refractivity contribution >= 4 is 56.9 Å². The number of ether oxygens (including phenoxy) is 2. The molecule has 1 heterocycles. The number of thiocarbonyl (C=S) groups is 1. The van der Waals surface area contributed by atoms with Crippen molar-refractivity contribution in [1.29, 1.82) is 0 Å². The lowest BCUT2D eigenvalue weighted by atomic mass is 10.3. The normalized spacial score (nSPS) is 23.9. The van der Waals surface area contributed by atoms with E-state index >= 15 is 0 Å². The van der Waals surface area contributed by atoms with E-state index in [1.165, 1.54) is 18.7 Å². The van der Waals surface area contributed by atoms with Crippen LogP contribution in [0.25, 0.3) is 0 Å². The van der Waals surface area contributed by atoms with Crippen LogP contribution in [0.2, 0.25) is 0 Å². The molecule has 0 spiro atoms. The van der Waals surface area contributed by atoms with E-state index in [1.807, 2.05) is 6.92 Å². The highest BCUT2D eigenvalue weighted by molar-refractivity contribution is 8.23. The zero-order valence-electron chi connectivity index (χ0n) is 11.7. The van der Waals surface area contributed by atoms with Crippen LogP contribution in [0.4, 0.5) is 0 Å². The molecule has 0 aromatic rings. The fourth-order valence-corrected chi connectivity index (χ4v) is 6.76. The van der Waals surface area contributed by atoms with Gasteiger partial charge in [0.15, 0.2) is 0 Å². The predicted molar refractivity (Wildman–Crippen MR) is 90.7 cm³/mol. The minimum absolute atomic E-state index is 0.00231. The van der Waals surface area contributed by atoms with E-state index < -0.39 is 10.8 Å². The van der Waals surface area contributed by atoms with Crippen molar-refractivity contribution in [3.8, 4) is 0 Å². The summed E-state index contributed by atoms with van der Waals surface area (Å²) in [4.78, 5) is 11.0. The molecule has 0 aliphatic carbocycles. The standard InChI is InChI=1S/C12H20O4S4/c1-3-15-12(17)19-10(8-16-9(2)13)7-11-18-5-4-6-20(11)14/h10-11H,3-8H2,1-2H3. The Hall–Kier alpha value is 0.210. The van der Waals surface area contributed by atoms with Gasteiger partial charge in [-0.3, -0.25) is 9.00 Å². The molecule has 4 nitrogen and oxygen atoms in total. The minimum Gasteiger partial charge on any atom is -0.479 e. The smallest absolute Gasteiger partial charge is 0.302 e. The molecule has 3 unspecified atom stereocenters. The Balaban J connectivity index is 2.53. The van der Waals surface area contributed by atoms with Crippen LogP contribution < -0.4 is 0 Å². The van der Waals surface area contributed by atoms with E-state index in [0.717, 1.165) is 17.9 Å². The number of hydrogen-bond donors (Lipinski definition) is 0. The number of hydrogen-bond acceptors (Lipinski definition) is 7. The topological polar surface area (TPSA) is 52.6 Å². The van der Waals surface area contributed by atoms with Crippen LogP contribution >= 0.6 is 35.7 Å². The lowest BCUT2D eigenvalue weighted by molar-refractivity contribution is -0.140. The van der Waals surface area contributed by atoms with E-state index in [-0.39, 0.29) is 22.4 Å². The Morgan fingerprint density at radius 3 is 2.90 bits per heavy atom. The first-order valence-corrected chi connectivity index (χ1v) is 10.2. The molecule has 1 saturated heterocycles. The molecule has 20 heavy (non-hydrogen) atoms. The molecular weight excluding hydrogens is 336 g/mol. The first kappa shape index (κ1) is 18.3. The fraction of sp³-hybridized carbons (Fsp3) is 0.833. The molecule has 0 amide bonds. The number of esters is 1. The molecule has 0 N–H and O–H groups in total. The van der Waals surface area contributed by atoms with Gasteiger partial charge in [0.1, 0.15) is 6.61 Å². The summed E-state index contributed by atoms with van der Waals surface area (Å²) in [6.07, 6.45) is 1.72. The van der Waals surface area contributed by atoms with Crippen LogP contribution in [-0.4, -0.2) is 49.1 Å². The molecule has 1 fully saturated rings. The Morgan fingerprint density at radius 2 is 2.30 bits per heavy atom. The summed E-state index contributed by atoms with van der Waals surface area (Å²) in [7, 11) is -0.806. The third kappa shape index (κ3) is 7.28. The first-order valence-electron chi connectivity index (χ1n) is 6.48. The maximum atomic E-state index is 12.0. The van der Waals surface area contributed by atoms with Crippen LogP contribution in [0.3, 0.4) is 0 Å². The molecule has 0 saturated carbocycles. The van der Waals surface area contributed by atoms with Gasteiger partial charge in [-0.2, -0.15) is 0 Å². The van der Waals surface area contributed by atoms with Gasteiger partial charge in [-0.1, -0.05) is 11.8 Å². The fourth-order valence-electron chi connectivity index (χ4n) is 1.66. The second-order valence-electron chi connectivity index (χ2n) is 4.20. The van der Waals surface area contributed by atoms with Gasteiger partial charge in [0.25, 0.3) is 0 Å². The monoisotopic (exact) mass is 356 g/mol. The molecule has 116 valence electrons. The van der Waals surface area contributed by atoms with Crippen molar-refractivity contribution < 1.29 is 18.5 Å². The zero-order chi connectivity index (χ0) is 15.0. The number of rotatable bonds is 6. The van der Waals surface area contributed by atoms with Gasteiger partial charge in [0.2, 0.25) is 4.38 Å². The second kappa shape index (κ2) is 10.0. The van der Waals surface area contributed by atoms with Crippen molar-refractivity contribution in [2.45, 2.75) is 36.5 Å². The Bertz CT molecular complexity index is 361. The van der Waals surface area contributed by atoms with Crippen LogP contribution in [-0.2, 0) is 25.1 Å². The highest BCUT2D eigenvalue weighted by Crippen LogP contribution is 2.30. The molecule has 0 aromatic heterocycles. The minimum atomic E-state index is -0.806. The Kier molecular flexibility index (Phi) is 9.15. The average Bonchev–Trinajstić information content (AvgIpc) is 2.38. The summed E-state index contributed by atoms with van der Waals surface area (Å²) in [5, 5.41) is -0.00231. The van der Waals surface area contributed by atoms with Gasteiger partial charge in [0.05, 0.1) is 11.2 Å². The van der Waals surface area contributed by atoms with Crippen molar-refractivity contribution in [2.24, 2.45) is 0 Å². The quantitative estimate of drug-likeness (QED) is 0.535. The molecule has 0 radical (unpaired) electrons. The first-order chi connectivity index (χ1) is 9.52. The summed E-state index contributed by atoms with van der Waals surface area (Å²) in [6, 6.07) is 0.